The van der Waals surface area contributed by atoms with E-state index in [1.165, 1.54) is 19.1 Å². The Labute approximate surface area is 163 Å². The van der Waals surface area contributed by atoms with E-state index in [1.54, 1.807) is 6.92 Å². The van der Waals surface area contributed by atoms with Gasteiger partial charge in [0.15, 0.2) is 17.2 Å². The summed E-state index contributed by atoms with van der Waals surface area (Å²) in [5.74, 6) is -3.79. The Bertz CT molecular complexity index is 873. The smallest absolute Gasteiger partial charge is 0.344 e. The molecule has 1 unspecified atom stereocenters. The number of carbonyl (C=O) groups excluding carboxylic acids is 1. The Morgan fingerprint density at radius 2 is 1.93 bits per heavy atom. The van der Waals surface area contributed by atoms with E-state index in [0.717, 1.165) is 0 Å². The summed E-state index contributed by atoms with van der Waals surface area (Å²) in [7, 11) is 0. The number of anilines is 1. The summed E-state index contributed by atoms with van der Waals surface area (Å²) in [6.07, 6.45) is -0.454. The maximum Gasteiger partial charge on any atom is 0.344 e. The molecule has 2 aromatic rings. The van der Waals surface area contributed by atoms with Crippen LogP contribution in [0.1, 0.15) is 35.3 Å². The van der Waals surface area contributed by atoms with Gasteiger partial charge in [-0.1, -0.05) is 19.1 Å². The van der Waals surface area contributed by atoms with Gasteiger partial charge in [0.05, 0.1) is 6.10 Å². The van der Waals surface area contributed by atoms with Gasteiger partial charge in [0.25, 0.3) is 0 Å². The predicted octanol–water partition coefficient (Wildman–Crippen LogP) is 2.76. The molecule has 8 nitrogen and oxygen atoms in total. The number of aliphatic hydroxyl groups excluding tert-OH is 1. The number of benzene rings is 1. The van der Waals surface area contributed by atoms with Crippen LogP contribution >= 0.6 is 11.5 Å². The van der Waals surface area contributed by atoms with Crippen molar-refractivity contribution in [2.75, 3.05) is 11.9 Å². The average molecular weight is 415 g/mol. The van der Waals surface area contributed by atoms with Crippen LogP contribution in [0, 0.1) is 11.6 Å². The number of rotatable bonds is 8. The van der Waals surface area contributed by atoms with Crippen molar-refractivity contribution in [3.63, 3.8) is 0 Å². The fraction of sp³-hybridized carbons (Fsp3) is 0.353. The van der Waals surface area contributed by atoms with Gasteiger partial charge in [-0.05, 0) is 30.4 Å². The van der Waals surface area contributed by atoms with Crippen LogP contribution in [0.4, 0.5) is 18.6 Å². The third-order valence-corrected chi connectivity index (χ3v) is 4.39. The van der Waals surface area contributed by atoms with Crippen LogP contribution in [-0.4, -0.2) is 39.2 Å². The number of aromatic nitrogens is 1. The third kappa shape index (κ3) is 5.14. The second-order valence-electron chi connectivity index (χ2n) is 5.84. The van der Waals surface area contributed by atoms with E-state index in [0.29, 0.717) is 18.0 Å². The molecule has 2 rings (SSSR count). The molecule has 28 heavy (non-hydrogen) atoms. The van der Waals surface area contributed by atoms with Crippen molar-refractivity contribution < 1.29 is 33.3 Å². The Hall–Kier alpha value is -2.79. The topological polar surface area (TPSA) is 121 Å². The van der Waals surface area contributed by atoms with E-state index in [2.05, 4.69) is 15.0 Å². The lowest BCUT2D eigenvalue weighted by Crippen LogP contribution is -2.34. The molecule has 1 aromatic heterocycles. The highest BCUT2D eigenvalue weighted by atomic mass is 32.1. The average Bonchev–Trinajstić information content (AvgIpc) is 3.04. The summed E-state index contributed by atoms with van der Waals surface area (Å²) in [4.78, 5) is 23.3. The Morgan fingerprint density at radius 3 is 2.54 bits per heavy atom. The van der Waals surface area contributed by atoms with Crippen molar-refractivity contribution in [3.8, 4) is 5.88 Å². The number of ether oxygens (including phenoxy) is 1. The minimum Gasteiger partial charge on any atom is -0.477 e. The molecule has 1 atom stereocenters. The van der Waals surface area contributed by atoms with Gasteiger partial charge in [-0.25, -0.2) is 18.4 Å². The van der Waals surface area contributed by atoms with E-state index in [1.807, 2.05) is 0 Å². The van der Waals surface area contributed by atoms with E-state index < -0.39 is 41.9 Å². The van der Waals surface area contributed by atoms with Crippen molar-refractivity contribution in [2.45, 2.75) is 33.0 Å². The molecule has 0 saturated carbocycles. The zero-order valence-electron chi connectivity index (χ0n) is 15.1. The van der Waals surface area contributed by atoms with Gasteiger partial charge in [-0.2, -0.15) is 4.37 Å². The Morgan fingerprint density at radius 1 is 1.29 bits per heavy atom. The second kappa shape index (κ2) is 9.42. The largest absolute Gasteiger partial charge is 0.477 e. The number of carboxylic acid groups (broad SMARTS) is 1. The van der Waals surface area contributed by atoms with Gasteiger partial charge in [0.2, 0.25) is 5.88 Å². The number of carbonyl (C=O) groups is 2. The highest BCUT2D eigenvalue weighted by Crippen LogP contribution is 2.31. The van der Waals surface area contributed by atoms with E-state index in [4.69, 9.17) is 9.84 Å². The lowest BCUT2D eigenvalue weighted by molar-refractivity contribution is 0.0693. The number of hydrogen-bond donors (Lipinski definition) is 4. The molecule has 0 aliphatic heterocycles. The fourth-order valence-corrected chi connectivity index (χ4v) is 2.92. The van der Waals surface area contributed by atoms with Crippen LogP contribution < -0.4 is 15.4 Å². The molecule has 152 valence electrons. The molecule has 0 aliphatic rings. The first-order valence-corrected chi connectivity index (χ1v) is 9.06. The van der Waals surface area contributed by atoms with Crippen LogP contribution in [0.2, 0.25) is 0 Å². The van der Waals surface area contributed by atoms with Crippen molar-refractivity contribution in [2.24, 2.45) is 0 Å². The molecule has 0 fully saturated rings. The lowest BCUT2D eigenvalue weighted by Gasteiger charge is -2.09. The number of nitrogens with one attached hydrogen (secondary N) is 2. The molecule has 0 aliphatic carbocycles. The van der Waals surface area contributed by atoms with Gasteiger partial charge in [0, 0.05) is 12.1 Å². The molecule has 1 heterocycles. The summed E-state index contributed by atoms with van der Waals surface area (Å²) >= 11 is 0.658. The number of aliphatic hydroxyl groups is 1. The predicted molar refractivity (Wildman–Crippen MR) is 97.8 cm³/mol. The SMILES string of the molecule is CCc1ccc(COc2nsc(NC(=O)NCC(C)O)c2C(=O)O)c(F)c1F. The minimum atomic E-state index is -1.41. The highest BCUT2D eigenvalue weighted by molar-refractivity contribution is 7.11. The van der Waals surface area contributed by atoms with E-state index in [9.17, 15) is 23.5 Å². The molecule has 1 aromatic carbocycles. The summed E-state index contributed by atoms with van der Waals surface area (Å²) in [5.41, 5.74) is -0.290. The summed E-state index contributed by atoms with van der Waals surface area (Å²) in [6, 6.07) is 2.05. The number of hydrogen-bond acceptors (Lipinski definition) is 6. The zero-order chi connectivity index (χ0) is 20.8. The first kappa shape index (κ1) is 21.5. The zero-order valence-corrected chi connectivity index (χ0v) is 15.9. The van der Waals surface area contributed by atoms with Crippen LogP contribution in [0.25, 0.3) is 0 Å². The third-order valence-electron chi connectivity index (χ3n) is 3.65. The normalized spacial score (nSPS) is 11.8. The van der Waals surface area contributed by atoms with Crippen molar-refractivity contribution in [1.82, 2.24) is 9.69 Å². The summed E-state index contributed by atoms with van der Waals surface area (Å²) in [6.45, 7) is 2.68. The number of nitrogens with zero attached hydrogens (tertiary/aromatic N) is 1. The molecule has 2 amide bonds. The van der Waals surface area contributed by atoms with Gasteiger partial charge >= 0.3 is 12.0 Å². The Kier molecular flexibility index (Phi) is 7.24. The maximum atomic E-state index is 14.1. The molecule has 4 N–H and O–H groups in total. The van der Waals surface area contributed by atoms with Crippen LogP contribution in [0.5, 0.6) is 5.88 Å². The fourth-order valence-electron chi connectivity index (χ4n) is 2.20. The molecule has 0 spiro atoms. The molecule has 0 radical (unpaired) electrons. The molecule has 0 saturated heterocycles. The van der Waals surface area contributed by atoms with Gasteiger partial charge in [-0.15, -0.1) is 0 Å². The number of halogens is 2. The molecular formula is C17H19F2N3O5S. The summed E-state index contributed by atoms with van der Waals surface area (Å²) in [5, 5.41) is 23.1. The Balaban J connectivity index is 2.14. The first-order valence-electron chi connectivity index (χ1n) is 8.29. The van der Waals surface area contributed by atoms with Gasteiger partial charge in [0.1, 0.15) is 11.6 Å². The summed E-state index contributed by atoms with van der Waals surface area (Å²) < 4.78 is 37.0. The molecular weight excluding hydrogens is 396 g/mol. The van der Waals surface area contributed by atoms with Crippen molar-refractivity contribution >= 4 is 28.5 Å². The quantitative estimate of drug-likeness (QED) is 0.526. The van der Waals surface area contributed by atoms with E-state index >= 15 is 0 Å². The maximum absolute atomic E-state index is 14.1. The number of aryl methyl sites for hydroxylation is 1. The second-order valence-corrected chi connectivity index (χ2v) is 6.61. The number of carboxylic acids is 1. The van der Waals surface area contributed by atoms with Crippen LogP contribution in [0.15, 0.2) is 12.1 Å². The minimum absolute atomic E-state index is 0.0327. The van der Waals surface area contributed by atoms with Crippen LogP contribution in [0.3, 0.4) is 0 Å². The molecule has 0 bridgehead atoms. The lowest BCUT2D eigenvalue weighted by atomic mass is 10.1. The number of aromatic carboxylic acids is 1. The highest BCUT2D eigenvalue weighted by Gasteiger charge is 2.24. The first-order chi connectivity index (χ1) is 13.2. The standard InChI is InChI=1S/C17H19F2N3O5S/c1-3-9-4-5-10(13(19)12(9)18)7-27-14-11(16(24)25)15(28-22-14)21-17(26)20-6-8(2)23/h4-5,8,23H,3,6-7H2,1-2H3,(H,24,25)(H2,20,21,26). The molecule has 11 heteroatoms. The number of amides is 2. The number of urea groups is 1. The van der Waals surface area contributed by atoms with Crippen molar-refractivity contribution in [1.29, 1.82) is 0 Å². The van der Waals surface area contributed by atoms with Crippen molar-refractivity contribution in [3.05, 3.63) is 40.5 Å². The van der Waals surface area contributed by atoms with Crippen LogP contribution in [-0.2, 0) is 13.0 Å². The van der Waals surface area contributed by atoms with Gasteiger partial charge in [-0.3, -0.25) is 5.32 Å². The monoisotopic (exact) mass is 415 g/mol. The van der Waals surface area contributed by atoms with E-state index in [-0.39, 0.29) is 28.6 Å². The van der Waals surface area contributed by atoms with Gasteiger partial charge < -0.3 is 20.3 Å².